The first-order chi connectivity index (χ1) is 15.6. The molecule has 4 saturated carbocycles. The normalized spacial score (nSPS) is 53.4. The van der Waals surface area contributed by atoms with Gasteiger partial charge in [0.1, 0.15) is 5.41 Å². The highest BCUT2D eigenvalue weighted by atomic mass is 16.4. The monoisotopic (exact) mass is 472 g/mol. The second kappa shape index (κ2) is 7.12. The smallest absolute Gasteiger partial charge is 0.312 e. The molecule has 5 aliphatic rings. The Labute approximate surface area is 206 Å². The number of aliphatic carboxylic acids is 1. The molecule has 0 heterocycles. The van der Waals surface area contributed by atoms with Crippen LogP contribution in [0.3, 0.4) is 0 Å². The maximum absolute atomic E-state index is 12.8. The predicted molar refractivity (Wildman–Crippen MR) is 134 cm³/mol. The lowest BCUT2D eigenvalue weighted by molar-refractivity contribution is -0.212. The average Bonchev–Trinajstić information content (AvgIpc) is 2.70. The molecule has 0 saturated heterocycles. The number of carboxylic acids is 1. The van der Waals surface area contributed by atoms with Crippen LogP contribution in [0.5, 0.6) is 0 Å². The zero-order valence-electron chi connectivity index (χ0n) is 22.6. The Morgan fingerprint density at radius 1 is 0.853 bits per heavy atom. The molecule has 5 rings (SSSR count). The van der Waals surface area contributed by atoms with E-state index in [0.717, 1.165) is 44.9 Å². The van der Waals surface area contributed by atoms with Crippen LogP contribution in [0.4, 0.5) is 0 Å². The molecule has 0 bridgehead atoms. The minimum Gasteiger partial charge on any atom is -0.481 e. The molecule has 34 heavy (non-hydrogen) atoms. The van der Waals surface area contributed by atoms with Gasteiger partial charge in [0.05, 0.1) is 12.2 Å². The third kappa shape index (κ3) is 2.82. The molecule has 5 aliphatic carbocycles. The maximum atomic E-state index is 12.8. The summed E-state index contributed by atoms with van der Waals surface area (Å²) in [5.41, 5.74) is 0.437. The van der Waals surface area contributed by atoms with Gasteiger partial charge in [-0.15, -0.1) is 0 Å². The van der Waals surface area contributed by atoms with Gasteiger partial charge in [-0.1, -0.05) is 60.1 Å². The zero-order chi connectivity index (χ0) is 25.1. The Bertz CT molecular complexity index is 919. The lowest BCUT2D eigenvalue weighted by Crippen LogP contribution is -2.66. The first kappa shape index (κ1) is 24.8. The van der Waals surface area contributed by atoms with Crippen LogP contribution in [-0.2, 0) is 4.79 Å². The minimum absolute atomic E-state index is 0.0408. The molecule has 0 aromatic carbocycles. The summed E-state index contributed by atoms with van der Waals surface area (Å²) in [5.74, 6) is 0.167. The lowest BCUT2D eigenvalue weighted by atomic mass is 9.33. The summed E-state index contributed by atoms with van der Waals surface area (Å²) in [6.45, 7) is 16.4. The van der Waals surface area contributed by atoms with E-state index in [1.165, 1.54) is 5.57 Å². The number of carboxylic acid groups (broad SMARTS) is 1. The number of fused-ring (bicyclic) bond motifs is 7. The van der Waals surface area contributed by atoms with Crippen LogP contribution in [0.2, 0.25) is 0 Å². The van der Waals surface area contributed by atoms with Gasteiger partial charge in [-0.2, -0.15) is 0 Å². The maximum Gasteiger partial charge on any atom is 0.312 e. The van der Waals surface area contributed by atoms with Gasteiger partial charge < -0.3 is 15.3 Å². The summed E-state index contributed by atoms with van der Waals surface area (Å²) in [6, 6.07) is 0. The predicted octanol–water partition coefficient (Wildman–Crippen LogP) is 6.20. The van der Waals surface area contributed by atoms with E-state index >= 15 is 0 Å². The number of hydrogen-bond acceptors (Lipinski definition) is 3. The minimum atomic E-state index is -1.04. The Hall–Kier alpha value is -0.870. The molecule has 0 radical (unpaired) electrons. The molecule has 0 spiro atoms. The molecule has 4 heteroatoms. The number of rotatable bonds is 1. The Kier molecular flexibility index (Phi) is 5.20. The van der Waals surface area contributed by atoms with Crippen molar-refractivity contribution in [3.63, 3.8) is 0 Å². The van der Waals surface area contributed by atoms with Crippen molar-refractivity contribution in [3.8, 4) is 0 Å². The summed E-state index contributed by atoms with van der Waals surface area (Å²) < 4.78 is 0. The fourth-order valence-electron chi connectivity index (χ4n) is 10.8. The Morgan fingerprint density at radius 3 is 2.18 bits per heavy atom. The average molecular weight is 473 g/mol. The fourth-order valence-corrected chi connectivity index (χ4v) is 10.8. The van der Waals surface area contributed by atoms with E-state index in [1.54, 1.807) is 0 Å². The molecule has 4 fully saturated rings. The highest BCUT2D eigenvalue weighted by Crippen LogP contribution is 2.75. The molecule has 0 aromatic rings. The first-order valence-corrected chi connectivity index (χ1v) is 13.9. The van der Waals surface area contributed by atoms with E-state index in [-0.39, 0.29) is 39.1 Å². The summed E-state index contributed by atoms with van der Waals surface area (Å²) in [4.78, 5) is 12.8. The number of aliphatic hydroxyl groups is 2. The molecule has 9 unspecified atom stereocenters. The topological polar surface area (TPSA) is 77.8 Å². The largest absolute Gasteiger partial charge is 0.481 e. The van der Waals surface area contributed by atoms with Gasteiger partial charge in [-0.05, 0) is 103 Å². The van der Waals surface area contributed by atoms with Crippen molar-refractivity contribution in [3.05, 3.63) is 11.6 Å². The van der Waals surface area contributed by atoms with Crippen LogP contribution in [-0.4, -0.2) is 33.5 Å². The SMILES string of the molecule is CC1(C)CC(O)C2(C(=O)O)CCC3(C)C(=CCC4C5(C)CCC(O)C(C)(C)C5CCC43C)C2C1. The van der Waals surface area contributed by atoms with Crippen molar-refractivity contribution >= 4 is 5.97 Å². The van der Waals surface area contributed by atoms with Crippen LogP contribution < -0.4 is 0 Å². The lowest BCUT2D eigenvalue weighted by Gasteiger charge is -2.71. The Balaban J connectivity index is 1.61. The van der Waals surface area contributed by atoms with Crippen LogP contribution in [0, 0.1) is 50.2 Å². The second-order valence-corrected chi connectivity index (χ2v) is 15.2. The number of aliphatic hydroxyl groups excluding tert-OH is 2. The summed E-state index contributed by atoms with van der Waals surface area (Å²) in [7, 11) is 0. The highest BCUT2D eigenvalue weighted by molar-refractivity contribution is 5.77. The molecule has 0 amide bonds. The number of allylic oxidation sites excluding steroid dienone is 2. The van der Waals surface area contributed by atoms with Gasteiger partial charge in [0.25, 0.3) is 0 Å². The molecule has 9 atom stereocenters. The van der Waals surface area contributed by atoms with Gasteiger partial charge in [-0.3, -0.25) is 4.79 Å². The summed E-state index contributed by atoms with van der Waals surface area (Å²) >= 11 is 0. The van der Waals surface area contributed by atoms with Crippen molar-refractivity contribution in [1.82, 2.24) is 0 Å². The van der Waals surface area contributed by atoms with Crippen LogP contribution >= 0.6 is 0 Å². The molecular formula is C30H48O4. The molecule has 3 N–H and O–H groups in total. The van der Waals surface area contributed by atoms with Crippen molar-refractivity contribution in [2.45, 2.75) is 118 Å². The molecule has 0 aromatic heterocycles. The zero-order valence-corrected chi connectivity index (χ0v) is 22.6. The Morgan fingerprint density at radius 2 is 1.53 bits per heavy atom. The van der Waals surface area contributed by atoms with Gasteiger partial charge in [0.15, 0.2) is 0 Å². The van der Waals surface area contributed by atoms with Crippen molar-refractivity contribution < 1.29 is 20.1 Å². The quantitative estimate of drug-likeness (QED) is 0.397. The number of hydrogen-bond donors (Lipinski definition) is 3. The van der Waals surface area contributed by atoms with E-state index in [0.29, 0.717) is 24.7 Å². The molecule has 0 aliphatic heterocycles. The molecular weight excluding hydrogens is 424 g/mol. The van der Waals surface area contributed by atoms with Crippen LogP contribution in [0.25, 0.3) is 0 Å². The molecule has 192 valence electrons. The fraction of sp³-hybridized carbons (Fsp3) is 0.900. The standard InChI is InChI=1S/C30H48O4/c1-25(2)16-19-18-8-9-21-27(5)12-11-22(31)26(3,4)20(27)10-13-29(21,7)28(18,6)14-15-30(19,24(33)34)23(32)17-25/h8,19-23,31-32H,9-17H2,1-7H3,(H,33,34). The number of carbonyl (C=O) groups is 1. The first-order valence-electron chi connectivity index (χ1n) is 13.9. The third-order valence-corrected chi connectivity index (χ3v) is 13.0. The van der Waals surface area contributed by atoms with E-state index in [2.05, 4.69) is 54.5 Å². The van der Waals surface area contributed by atoms with Crippen molar-refractivity contribution in [2.24, 2.45) is 50.2 Å². The van der Waals surface area contributed by atoms with E-state index in [4.69, 9.17) is 0 Å². The van der Waals surface area contributed by atoms with E-state index < -0.39 is 17.5 Å². The second-order valence-electron chi connectivity index (χ2n) is 15.2. The molecule has 4 nitrogen and oxygen atoms in total. The van der Waals surface area contributed by atoms with Crippen molar-refractivity contribution in [1.29, 1.82) is 0 Å². The van der Waals surface area contributed by atoms with E-state index in [1.807, 2.05) is 0 Å². The van der Waals surface area contributed by atoms with Gasteiger partial charge in [0, 0.05) is 0 Å². The highest BCUT2D eigenvalue weighted by Gasteiger charge is 2.70. The van der Waals surface area contributed by atoms with Gasteiger partial charge in [0.2, 0.25) is 0 Å². The van der Waals surface area contributed by atoms with Crippen LogP contribution in [0.15, 0.2) is 11.6 Å². The van der Waals surface area contributed by atoms with Crippen LogP contribution in [0.1, 0.15) is 106 Å². The van der Waals surface area contributed by atoms with E-state index in [9.17, 15) is 20.1 Å². The summed E-state index contributed by atoms with van der Waals surface area (Å²) in [6.07, 6.45) is 9.51. The van der Waals surface area contributed by atoms with Crippen molar-refractivity contribution in [2.75, 3.05) is 0 Å². The third-order valence-electron chi connectivity index (χ3n) is 13.0. The summed E-state index contributed by atoms with van der Waals surface area (Å²) in [5, 5.41) is 32.7. The van der Waals surface area contributed by atoms with Gasteiger partial charge >= 0.3 is 5.97 Å². The van der Waals surface area contributed by atoms with Gasteiger partial charge in [-0.25, -0.2) is 0 Å².